The Morgan fingerprint density at radius 3 is 2.43 bits per heavy atom. The van der Waals surface area contributed by atoms with Gasteiger partial charge in [-0.25, -0.2) is 4.79 Å². The molecule has 0 radical (unpaired) electrons. The molecular weight excluding hydrogens is 462 g/mol. The van der Waals surface area contributed by atoms with Crippen LogP contribution in [0.5, 0.6) is 0 Å². The van der Waals surface area contributed by atoms with Crippen molar-refractivity contribution in [3.05, 3.63) is 71.1 Å². The summed E-state index contributed by atoms with van der Waals surface area (Å²) in [6, 6.07) is 10.3. The SMILES string of the molecule is CC(C)NC(=O)N1CCC(C2=CCc3ncc(-c4ccc(C(=O)N5CCN(C)CC5)cc4)cc32)=CC1C. The fraction of sp³-hybridized carbons (Fsp3) is 0.433. The maximum atomic E-state index is 12.9. The zero-order valence-corrected chi connectivity index (χ0v) is 22.3. The van der Waals surface area contributed by atoms with E-state index in [2.05, 4.69) is 42.4 Å². The van der Waals surface area contributed by atoms with E-state index in [1.807, 2.05) is 54.1 Å². The highest BCUT2D eigenvalue weighted by molar-refractivity contribution is 5.95. The molecule has 1 saturated heterocycles. The van der Waals surface area contributed by atoms with Crippen LogP contribution in [-0.4, -0.2) is 83.5 Å². The van der Waals surface area contributed by atoms with Crippen LogP contribution >= 0.6 is 0 Å². The predicted molar refractivity (Wildman–Crippen MR) is 147 cm³/mol. The second-order valence-electron chi connectivity index (χ2n) is 10.7. The molecule has 1 aromatic carbocycles. The minimum Gasteiger partial charge on any atom is -0.336 e. The van der Waals surface area contributed by atoms with Gasteiger partial charge >= 0.3 is 6.03 Å². The van der Waals surface area contributed by atoms with Crippen molar-refractivity contribution in [2.45, 2.75) is 45.7 Å². The molecule has 1 aliphatic carbocycles. The molecule has 1 fully saturated rings. The first-order valence-electron chi connectivity index (χ1n) is 13.4. The van der Waals surface area contributed by atoms with E-state index in [4.69, 9.17) is 4.98 Å². The van der Waals surface area contributed by atoms with E-state index in [1.165, 1.54) is 16.7 Å². The van der Waals surface area contributed by atoms with Crippen molar-refractivity contribution in [2.24, 2.45) is 0 Å². The monoisotopic (exact) mass is 499 g/mol. The lowest BCUT2D eigenvalue weighted by Gasteiger charge is -2.33. The zero-order valence-electron chi connectivity index (χ0n) is 22.3. The number of allylic oxidation sites excluding steroid dienone is 2. The average Bonchev–Trinajstić information content (AvgIpc) is 3.31. The molecule has 2 aliphatic heterocycles. The molecule has 1 N–H and O–H groups in total. The molecule has 3 aliphatic rings. The molecule has 1 atom stereocenters. The third kappa shape index (κ3) is 5.32. The largest absolute Gasteiger partial charge is 0.336 e. The van der Waals surface area contributed by atoms with Gasteiger partial charge in [-0.15, -0.1) is 0 Å². The first-order chi connectivity index (χ1) is 17.8. The van der Waals surface area contributed by atoms with Gasteiger partial charge in [-0.05, 0) is 69.1 Å². The third-order valence-electron chi connectivity index (χ3n) is 7.59. The number of piperazine rings is 1. The third-order valence-corrected chi connectivity index (χ3v) is 7.59. The lowest BCUT2D eigenvalue weighted by Crippen LogP contribution is -2.48. The minimum atomic E-state index is -0.00268. The van der Waals surface area contributed by atoms with Crippen LogP contribution in [0.25, 0.3) is 16.7 Å². The van der Waals surface area contributed by atoms with E-state index in [0.717, 1.165) is 61.4 Å². The summed E-state index contributed by atoms with van der Waals surface area (Å²) >= 11 is 0. The molecule has 5 rings (SSSR count). The average molecular weight is 500 g/mol. The number of amides is 3. The van der Waals surface area contributed by atoms with Crippen molar-refractivity contribution in [1.82, 2.24) is 25.0 Å². The number of aromatic nitrogens is 1. The van der Waals surface area contributed by atoms with Crippen molar-refractivity contribution < 1.29 is 9.59 Å². The Morgan fingerprint density at radius 1 is 1.03 bits per heavy atom. The topological polar surface area (TPSA) is 68.8 Å². The van der Waals surface area contributed by atoms with Gasteiger partial charge in [-0.1, -0.05) is 24.3 Å². The Labute approximate surface area is 219 Å². The second-order valence-corrected chi connectivity index (χ2v) is 10.7. The lowest BCUT2D eigenvalue weighted by molar-refractivity contribution is 0.0664. The quantitative estimate of drug-likeness (QED) is 0.684. The number of hydrogen-bond acceptors (Lipinski definition) is 4. The normalized spacial score (nSPS) is 20.0. The molecule has 3 heterocycles. The van der Waals surface area contributed by atoms with Crippen molar-refractivity contribution >= 4 is 17.5 Å². The van der Waals surface area contributed by atoms with E-state index in [-0.39, 0.29) is 24.0 Å². The van der Waals surface area contributed by atoms with Gasteiger partial charge < -0.3 is 20.0 Å². The van der Waals surface area contributed by atoms with E-state index < -0.39 is 0 Å². The van der Waals surface area contributed by atoms with Gasteiger partial charge in [0, 0.05) is 74.1 Å². The zero-order chi connectivity index (χ0) is 26.1. The van der Waals surface area contributed by atoms with Crippen molar-refractivity contribution in [2.75, 3.05) is 39.8 Å². The number of nitrogens with one attached hydrogen (secondary N) is 1. The van der Waals surface area contributed by atoms with Gasteiger partial charge in [0.1, 0.15) is 0 Å². The Kier molecular flexibility index (Phi) is 7.15. The fourth-order valence-electron chi connectivity index (χ4n) is 5.41. The number of carbonyl (C=O) groups excluding carboxylic acids is 2. The summed E-state index contributed by atoms with van der Waals surface area (Å²) in [5.74, 6) is 0.103. The number of pyridine rings is 1. The first-order valence-corrected chi connectivity index (χ1v) is 13.4. The van der Waals surface area contributed by atoms with Crippen LogP contribution in [0.2, 0.25) is 0 Å². The summed E-state index contributed by atoms with van der Waals surface area (Å²) in [6.07, 6.45) is 8.07. The van der Waals surface area contributed by atoms with Crippen LogP contribution in [-0.2, 0) is 6.42 Å². The Hall–Kier alpha value is -3.45. The molecule has 0 bridgehead atoms. The van der Waals surface area contributed by atoms with Gasteiger partial charge in [0.25, 0.3) is 5.91 Å². The molecule has 1 unspecified atom stereocenters. The van der Waals surface area contributed by atoms with Crippen LogP contribution in [0.3, 0.4) is 0 Å². The molecule has 194 valence electrons. The van der Waals surface area contributed by atoms with E-state index >= 15 is 0 Å². The van der Waals surface area contributed by atoms with Gasteiger partial charge in [0.05, 0.1) is 5.69 Å². The van der Waals surface area contributed by atoms with Crippen LogP contribution in [0.15, 0.2) is 54.3 Å². The number of nitrogens with zero attached hydrogens (tertiary/aromatic N) is 4. The summed E-state index contributed by atoms with van der Waals surface area (Å²) < 4.78 is 0. The highest BCUT2D eigenvalue weighted by Gasteiger charge is 2.27. The van der Waals surface area contributed by atoms with Gasteiger partial charge in [0.2, 0.25) is 0 Å². The van der Waals surface area contributed by atoms with Gasteiger partial charge in [-0.2, -0.15) is 0 Å². The summed E-state index contributed by atoms with van der Waals surface area (Å²) in [6.45, 7) is 10.1. The Balaban J connectivity index is 1.32. The Morgan fingerprint density at radius 2 is 1.76 bits per heavy atom. The molecular formula is C30H37N5O2. The lowest BCUT2D eigenvalue weighted by atomic mass is 9.92. The molecule has 37 heavy (non-hydrogen) atoms. The smallest absolute Gasteiger partial charge is 0.318 e. The number of benzene rings is 1. The van der Waals surface area contributed by atoms with E-state index in [9.17, 15) is 9.59 Å². The molecule has 3 amide bonds. The number of urea groups is 1. The van der Waals surface area contributed by atoms with Crippen molar-refractivity contribution in [1.29, 1.82) is 0 Å². The minimum absolute atomic E-state index is 0.00268. The number of rotatable bonds is 4. The maximum Gasteiger partial charge on any atom is 0.318 e. The molecule has 0 spiro atoms. The van der Waals surface area contributed by atoms with Gasteiger partial charge in [0.15, 0.2) is 0 Å². The van der Waals surface area contributed by atoms with Crippen LogP contribution in [0.1, 0.15) is 48.8 Å². The predicted octanol–water partition coefficient (Wildman–Crippen LogP) is 4.21. The van der Waals surface area contributed by atoms with E-state index in [0.29, 0.717) is 6.54 Å². The highest BCUT2D eigenvalue weighted by atomic mass is 16.2. The van der Waals surface area contributed by atoms with Crippen molar-refractivity contribution in [3.63, 3.8) is 0 Å². The summed E-state index contributed by atoms with van der Waals surface area (Å²) in [5, 5.41) is 3.01. The molecule has 1 aromatic heterocycles. The van der Waals surface area contributed by atoms with E-state index in [1.54, 1.807) is 0 Å². The maximum absolute atomic E-state index is 12.9. The summed E-state index contributed by atoms with van der Waals surface area (Å²) in [4.78, 5) is 36.3. The molecule has 7 nitrogen and oxygen atoms in total. The summed E-state index contributed by atoms with van der Waals surface area (Å²) in [5.41, 5.74) is 7.62. The standard InChI is InChI=1S/C30H37N5O2/c1-20(2)32-30(37)35-12-11-24(17-21(35)3)26-9-10-28-27(26)18-25(19-31-28)22-5-7-23(8-6-22)29(36)34-15-13-33(4)14-16-34/h5-9,17-21H,10-16H2,1-4H3,(H,32,37). The van der Waals surface area contributed by atoms with Crippen LogP contribution < -0.4 is 5.32 Å². The number of fused-ring (bicyclic) bond motifs is 1. The highest BCUT2D eigenvalue weighted by Crippen LogP contribution is 2.37. The number of likely N-dealkylation sites (N-methyl/N-ethyl adjacent to an activating group) is 1. The number of carbonyl (C=O) groups is 2. The van der Waals surface area contributed by atoms with Gasteiger partial charge in [-0.3, -0.25) is 9.78 Å². The van der Waals surface area contributed by atoms with Crippen LogP contribution in [0.4, 0.5) is 4.79 Å². The van der Waals surface area contributed by atoms with Crippen molar-refractivity contribution in [3.8, 4) is 11.1 Å². The first kappa shape index (κ1) is 25.2. The molecule has 0 saturated carbocycles. The molecule has 2 aromatic rings. The van der Waals surface area contributed by atoms with Crippen LogP contribution in [0, 0.1) is 0 Å². The number of hydrogen-bond donors (Lipinski definition) is 1. The Bertz CT molecular complexity index is 1240. The fourth-order valence-corrected chi connectivity index (χ4v) is 5.41. The second kappa shape index (κ2) is 10.5. The summed E-state index contributed by atoms with van der Waals surface area (Å²) in [7, 11) is 2.09. The molecule has 7 heteroatoms.